The van der Waals surface area contributed by atoms with Crippen molar-refractivity contribution in [3.63, 3.8) is 0 Å². The number of halogens is 1. The number of amides is 1. The van der Waals surface area contributed by atoms with Crippen LogP contribution in [0.3, 0.4) is 0 Å². The third kappa shape index (κ3) is 4.14. The molecular formula is C17H21ClN2O2. The number of carbonyl (C=O) groups is 1. The fourth-order valence-electron chi connectivity index (χ4n) is 2.86. The smallest absolute Gasteiger partial charge is 0.258 e. The molecule has 1 fully saturated rings. The van der Waals surface area contributed by atoms with E-state index in [4.69, 9.17) is 21.6 Å². The Morgan fingerprint density at radius 1 is 1.45 bits per heavy atom. The van der Waals surface area contributed by atoms with E-state index in [1.165, 1.54) is 12.5 Å². The first-order valence-corrected chi connectivity index (χ1v) is 8.01. The first-order chi connectivity index (χ1) is 10.5. The zero-order valence-electron chi connectivity index (χ0n) is 12.9. The van der Waals surface area contributed by atoms with Crippen LogP contribution < -0.4 is 10.1 Å². The van der Waals surface area contributed by atoms with Crippen LogP contribution in [0, 0.1) is 23.2 Å². The van der Waals surface area contributed by atoms with Gasteiger partial charge in [-0.05, 0) is 36.5 Å². The molecule has 0 radical (unpaired) electrons. The lowest BCUT2D eigenvalue weighted by molar-refractivity contribution is -0.124. The molecule has 0 saturated heterocycles. The SMILES string of the molecule is CC1CCCC(NC(=O)COc2ccc(C#N)cc2Cl)C1C. The maximum Gasteiger partial charge on any atom is 0.258 e. The van der Waals surface area contributed by atoms with Gasteiger partial charge < -0.3 is 10.1 Å². The van der Waals surface area contributed by atoms with E-state index in [2.05, 4.69) is 19.2 Å². The van der Waals surface area contributed by atoms with Crippen LogP contribution in [0.2, 0.25) is 5.02 Å². The fourth-order valence-corrected chi connectivity index (χ4v) is 3.10. The Kier molecular flexibility index (Phi) is 5.68. The molecule has 0 bridgehead atoms. The van der Waals surface area contributed by atoms with E-state index >= 15 is 0 Å². The largest absolute Gasteiger partial charge is 0.482 e. The van der Waals surface area contributed by atoms with Crippen LogP contribution >= 0.6 is 11.6 Å². The van der Waals surface area contributed by atoms with E-state index in [9.17, 15) is 4.79 Å². The topological polar surface area (TPSA) is 62.1 Å². The highest BCUT2D eigenvalue weighted by molar-refractivity contribution is 6.32. The summed E-state index contributed by atoms with van der Waals surface area (Å²) in [5, 5.41) is 12.2. The molecule has 1 saturated carbocycles. The summed E-state index contributed by atoms with van der Waals surface area (Å²) in [5.74, 6) is 1.40. The van der Waals surface area contributed by atoms with Gasteiger partial charge in [-0.15, -0.1) is 0 Å². The fraction of sp³-hybridized carbons (Fsp3) is 0.529. The van der Waals surface area contributed by atoms with E-state index in [0.29, 0.717) is 28.2 Å². The molecule has 0 spiro atoms. The van der Waals surface area contributed by atoms with Gasteiger partial charge in [0, 0.05) is 6.04 Å². The molecule has 1 aromatic carbocycles. The first kappa shape index (κ1) is 16.6. The van der Waals surface area contributed by atoms with E-state index in [1.807, 2.05) is 6.07 Å². The normalized spacial score (nSPS) is 24.4. The Balaban J connectivity index is 1.86. The molecule has 5 heteroatoms. The second-order valence-electron chi connectivity index (χ2n) is 5.99. The van der Waals surface area contributed by atoms with E-state index in [-0.39, 0.29) is 18.6 Å². The minimum Gasteiger partial charge on any atom is -0.482 e. The Morgan fingerprint density at radius 2 is 2.23 bits per heavy atom. The molecule has 1 aromatic rings. The summed E-state index contributed by atoms with van der Waals surface area (Å²) in [7, 11) is 0. The third-order valence-corrected chi connectivity index (χ3v) is 4.77. The van der Waals surface area contributed by atoms with Crippen LogP contribution in [0.15, 0.2) is 18.2 Å². The van der Waals surface area contributed by atoms with Gasteiger partial charge in [-0.3, -0.25) is 4.79 Å². The number of rotatable bonds is 4. The predicted octanol–water partition coefficient (Wildman–Crippen LogP) is 3.53. The van der Waals surface area contributed by atoms with Gasteiger partial charge >= 0.3 is 0 Å². The van der Waals surface area contributed by atoms with Gasteiger partial charge in [-0.25, -0.2) is 0 Å². The summed E-state index contributed by atoms with van der Waals surface area (Å²) in [6, 6.07) is 6.98. The Bertz CT molecular complexity index is 583. The molecule has 2 rings (SSSR count). The monoisotopic (exact) mass is 320 g/mol. The van der Waals surface area contributed by atoms with Crippen molar-refractivity contribution in [1.82, 2.24) is 5.32 Å². The highest BCUT2D eigenvalue weighted by Crippen LogP contribution is 2.29. The minimum absolute atomic E-state index is 0.0662. The van der Waals surface area contributed by atoms with Crippen molar-refractivity contribution in [3.8, 4) is 11.8 Å². The summed E-state index contributed by atoms with van der Waals surface area (Å²) in [4.78, 5) is 12.0. The molecule has 22 heavy (non-hydrogen) atoms. The van der Waals surface area contributed by atoms with Gasteiger partial charge in [-0.2, -0.15) is 5.26 Å². The second-order valence-corrected chi connectivity index (χ2v) is 6.39. The van der Waals surface area contributed by atoms with Crippen molar-refractivity contribution < 1.29 is 9.53 Å². The van der Waals surface area contributed by atoms with Gasteiger partial charge in [-0.1, -0.05) is 38.3 Å². The number of benzene rings is 1. The van der Waals surface area contributed by atoms with Gasteiger partial charge in [0.15, 0.2) is 6.61 Å². The number of hydrogen-bond donors (Lipinski definition) is 1. The molecule has 1 aliphatic rings. The van der Waals surface area contributed by atoms with Crippen LogP contribution in [0.25, 0.3) is 0 Å². The standard InChI is InChI=1S/C17H21ClN2O2/c1-11-4-3-5-15(12(11)2)20-17(21)10-22-16-7-6-13(9-19)8-14(16)18/h6-8,11-12,15H,3-5,10H2,1-2H3,(H,20,21). The van der Waals surface area contributed by atoms with Crippen LogP contribution in [0.4, 0.5) is 0 Å². The number of nitriles is 1. The molecule has 0 heterocycles. The van der Waals surface area contributed by atoms with E-state index < -0.39 is 0 Å². The molecule has 1 amide bonds. The molecule has 4 nitrogen and oxygen atoms in total. The number of ether oxygens (including phenoxy) is 1. The van der Waals surface area contributed by atoms with Crippen molar-refractivity contribution in [2.75, 3.05) is 6.61 Å². The van der Waals surface area contributed by atoms with Gasteiger partial charge in [0.05, 0.1) is 16.7 Å². The molecule has 118 valence electrons. The number of carbonyl (C=O) groups excluding carboxylic acids is 1. The Labute approximate surface area is 136 Å². The first-order valence-electron chi connectivity index (χ1n) is 7.63. The van der Waals surface area contributed by atoms with Gasteiger partial charge in [0.25, 0.3) is 5.91 Å². The third-order valence-electron chi connectivity index (χ3n) is 4.47. The maximum absolute atomic E-state index is 12.0. The van der Waals surface area contributed by atoms with Crippen molar-refractivity contribution in [1.29, 1.82) is 5.26 Å². The molecule has 1 aliphatic carbocycles. The molecular weight excluding hydrogens is 300 g/mol. The van der Waals surface area contributed by atoms with Crippen LogP contribution in [0.5, 0.6) is 5.75 Å². The number of hydrogen-bond acceptors (Lipinski definition) is 3. The average molecular weight is 321 g/mol. The minimum atomic E-state index is -0.133. The van der Waals surface area contributed by atoms with E-state index in [1.54, 1.807) is 12.1 Å². The summed E-state index contributed by atoms with van der Waals surface area (Å²) in [5.41, 5.74) is 0.465. The van der Waals surface area contributed by atoms with Crippen LogP contribution in [-0.2, 0) is 4.79 Å². The quantitative estimate of drug-likeness (QED) is 0.923. The van der Waals surface area contributed by atoms with Gasteiger partial charge in [0.1, 0.15) is 5.75 Å². The van der Waals surface area contributed by atoms with Crippen molar-refractivity contribution in [2.45, 2.75) is 39.2 Å². The number of nitrogens with one attached hydrogen (secondary N) is 1. The molecule has 0 aliphatic heterocycles. The van der Waals surface area contributed by atoms with Crippen molar-refractivity contribution in [3.05, 3.63) is 28.8 Å². The van der Waals surface area contributed by atoms with Crippen molar-refractivity contribution >= 4 is 17.5 Å². The molecule has 0 aromatic heterocycles. The second kappa shape index (κ2) is 7.51. The van der Waals surface area contributed by atoms with Crippen LogP contribution in [-0.4, -0.2) is 18.6 Å². The predicted molar refractivity (Wildman–Crippen MR) is 85.8 cm³/mol. The summed E-state index contributed by atoms with van der Waals surface area (Å²) >= 11 is 6.02. The van der Waals surface area contributed by atoms with Gasteiger partial charge in [0.2, 0.25) is 0 Å². The summed E-state index contributed by atoms with van der Waals surface area (Å²) in [6.45, 7) is 4.35. The summed E-state index contributed by atoms with van der Waals surface area (Å²) < 4.78 is 5.45. The Morgan fingerprint density at radius 3 is 2.91 bits per heavy atom. The average Bonchev–Trinajstić information content (AvgIpc) is 2.50. The zero-order chi connectivity index (χ0) is 16.1. The number of nitrogens with zero attached hydrogens (tertiary/aromatic N) is 1. The van der Waals surface area contributed by atoms with E-state index in [0.717, 1.165) is 12.8 Å². The lowest BCUT2D eigenvalue weighted by Gasteiger charge is -2.34. The van der Waals surface area contributed by atoms with Crippen molar-refractivity contribution in [2.24, 2.45) is 11.8 Å². The lowest BCUT2D eigenvalue weighted by atomic mass is 9.78. The highest BCUT2D eigenvalue weighted by Gasteiger charge is 2.28. The lowest BCUT2D eigenvalue weighted by Crippen LogP contribution is -2.45. The molecule has 3 unspecified atom stereocenters. The zero-order valence-corrected chi connectivity index (χ0v) is 13.7. The maximum atomic E-state index is 12.0. The van der Waals surface area contributed by atoms with Crippen LogP contribution in [0.1, 0.15) is 38.7 Å². The Hall–Kier alpha value is -1.73. The highest BCUT2D eigenvalue weighted by atomic mass is 35.5. The summed E-state index contributed by atoms with van der Waals surface area (Å²) in [6.07, 6.45) is 3.40. The molecule has 3 atom stereocenters. The molecule has 1 N–H and O–H groups in total.